The first-order valence-corrected chi connectivity index (χ1v) is 7.56. The number of hydrogen-bond acceptors (Lipinski definition) is 4. The van der Waals surface area contributed by atoms with E-state index < -0.39 is 0 Å². The van der Waals surface area contributed by atoms with Crippen molar-refractivity contribution in [1.29, 1.82) is 0 Å². The number of likely N-dealkylation sites (N-methyl/N-ethyl adjacent to an activating group) is 1. The average molecular weight is 310 g/mol. The molecule has 3 rings (SSSR count). The van der Waals surface area contributed by atoms with Crippen LogP contribution >= 0.6 is 11.6 Å². The van der Waals surface area contributed by atoms with Crippen LogP contribution in [0, 0.1) is 0 Å². The molecule has 1 fully saturated rings. The van der Waals surface area contributed by atoms with E-state index in [-0.39, 0.29) is 11.6 Å². The molecule has 0 amide bonds. The molecule has 1 aromatic carbocycles. The summed E-state index contributed by atoms with van der Waals surface area (Å²) in [6.07, 6.45) is 1.67. The van der Waals surface area contributed by atoms with Crippen molar-refractivity contribution in [3.63, 3.8) is 0 Å². The van der Waals surface area contributed by atoms with Gasteiger partial charge in [0.25, 0.3) is 0 Å². The molecule has 0 radical (unpaired) electrons. The maximum absolute atomic E-state index is 6.21. The highest BCUT2D eigenvalue weighted by molar-refractivity contribution is 6.34. The smallest absolute Gasteiger partial charge is 0.152 e. The number of halogens is 1. The van der Waals surface area contributed by atoms with Gasteiger partial charge >= 0.3 is 0 Å². The molecular weight excluding hydrogens is 290 g/mol. The van der Waals surface area contributed by atoms with Gasteiger partial charge < -0.3 is 19.2 Å². The number of methoxy groups -OCH3 is 1. The van der Waals surface area contributed by atoms with Crippen molar-refractivity contribution in [2.75, 3.05) is 27.4 Å². The van der Waals surface area contributed by atoms with Gasteiger partial charge in [-0.3, -0.25) is 0 Å². The first kappa shape index (κ1) is 14.9. The molecular formula is C16H20ClNO3. The second-order valence-electron chi connectivity index (χ2n) is 5.41. The van der Waals surface area contributed by atoms with Gasteiger partial charge in [0.05, 0.1) is 16.7 Å². The van der Waals surface area contributed by atoms with Crippen LogP contribution in [0.3, 0.4) is 0 Å². The predicted octanol–water partition coefficient (Wildman–Crippen LogP) is 3.54. The molecule has 1 aromatic heterocycles. The molecule has 1 unspecified atom stereocenters. The van der Waals surface area contributed by atoms with Crippen LogP contribution in [-0.2, 0) is 9.47 Å². The Kier molecular flexibility index (Phi) is 4.22. The highest BCUT2D eigenvalue weighted by Crippen LogP contribution is 2.39. The number of benzene rings is 1. The summed E-state index contributed by atoms with van der Waals surface area (Å²) in [6, 6.07) is 7.78. The Morgan fingerprint density at radius 2 is 2.10 bits per heavy atom. The number of nitrogens with one attached hydrogen (secondary N) is 1. The summed E-state index contributed by atoms with van der Waals surface area (Å²) in [5, 5.41) is 4.98. The fraction of sp³-hybridized carbons (Fsp3) is 0.500. The Labute approximate surface area is 129 Å². The van der Waals surface area contributed by atoms with E-state index in [4.69, 9.17) is 25.5 Å². The summed E-state index contributed by atoms with van der Waals surface area (Å²) >= 11 is 6.21. The van der Waals surface area contributed by atoms with Crippen molar-refractivity contribution in [3.8, 4) is 0 Å². The molecule has 1 atom stereocenters. The lowest BCUT2D eigenvalue weighted by molar-refractivity contribution is -0.113. The van der Waals surface area contributed by atoms with E-state index in [1.165, 1.54) is 0 Å². The third-order valence-corrected chi connectivity index (χ3v) is 4.66. The number of fused-ring (bicyclic) bond motifs is 1. The zero-order valence-electron chi connectivity index (χ0n) is 12.3. The second-order valence-corrected chi connectivity index (χ2v) is 5.82. The monoisotopic (exact) mass is 309 g/mol. The molecule has 2 aromatic rings. The minimum Gasteiger partial charge on any atom is -0.458 e. The minimum atomic E-state index is -0.312. The molecule has 1 aliphatic rings. The number of rotatable bonds is 4. The largest absolute Gasteiger partial charge is 0.458 e. The van der Waals surface area contributed by atoms with Crippen molar-refractivity contribution in [2.45, 2.75) is 24.5 Å². The molecule has 1 aliphatic heterocycles. The first-order valence-electron chi connectivity index (χ1n) is 7.18. The fourth-order valence-electron chi connectivity index (χ4n) is 3.18. The summed E-state index contributed by atoms with van der Waals surface area (Å²) in [5.41, 5.74) is 0.417. The Hall–Kier alpha value is -1.07. The van der Waals surface area contributed by atoms with E-state index in [2.05, 4.69) is 5.32 Å². The van der Waals surface area contributed by atoms with Crippen LogP contribution in [0.15, 0.2) is 28.7 Å². The van der Waals surface area contributed by atoms with Gasteiger partial charge in [0.2, 0.25) is 0 Å². The van der Waals surface area contributed by atoms with Crippen molar-refractivity contribution in [2.24, 2.45) is 0 Å². The van der Waals surface area contributed by atoms with Crippen LogP contribution in [0.25, 0.3) is 11.0 Å². The number of furan rings is 1. The molecule has 114 valence electrons. The number of para-hydroxylation sites is 1. The molecule has 4 nitrogen and oxygen atoms in total. The molecule has 21 heavy (non-hydrogen) atoms. The highest BCUT2D eigenvalue weighted by Gasteiger charge is 2.42. The van der Waals surface area contributed by atoms with Crippen LogP contribution in [-0.4, -0.2) is 33.0 Å². The summed E-state index contributed by atoms with van der Waals surface area (Å²) < 4.78 is 17.4. The lowest BCUT2D eigenvalue weighted by atomic mass is 9.84. The Morgan fingerprint density at radius 3 is 2.71 bits per heavy atom. The topological polar surface area (TPSA) is 43.6 Å². The van der Waals surface area contributed by atoms with Gasteiger partial charge in [-0.05, 0) is 19.2 Å². The molecule has 5 heteroatoms. The summed E-state index contributed by atoms with van der Waals surface area (Å²) in [6.45, 7) is 1.40. The number of ether oxygens (including phenoxy) is 2. The van der Waals surface area contributed by atoms with Crippen LogP contribution in [0.2, 0.25) is 5.02 Å². The maximum Gasteiger partial charge on any atom is 0.152 e. The van der Waals surface area contributed by atoms with E-state index in [9.17, 15) is 0 Å². The minimum absolute atomic E-state index is 0.0325. The summed E-state index contributed by atoms with van der Waals surface area (Å²) in [7, 11) is 3.68. The SMILES string of the molecule is CNC(c1cc2cccc(Cl)c2o1)C1(OC)CCOCC1. The third-order valence-electron chi connectivity index (χ3n) is 4.36. The first-order chi connectivity index (χ1) is 10.2. The van der Waals surface area contributed by atoms with Gasteiger partial charge in [-0.2, -0.15) is 0 Å². The lowest BCUT2D eigenvalue weighted by Crippen LogP contribution is -2.48. The van der Waals surface area contributed by atoms with Crippen molar-refractivity contribution in [3.05, 3.63) is 35.0 Å². The van der Waals surface area contributed by atoms with Crippen LogP contribution in [0.1, 0.15) is 24.6 Å². The third kappa shape index (κ3) is 2.57. The quantitative estimate of drug-likeness (QED) is 0.938. The van der Waals surface area contributed by atoms with Gasteiger partial charge in [0.1, 0.15) is 5.76 Å². The molecule has 0 aliphatic carbocycles. The van der Waals surface area contributed by atoms with E-state index in [0.29, 0.717) is 18.2 Å². The van der Waals surface area contributed by atoms with Crippen molar-refractivity contribution < 1.29 is 13.9 Å². The molecule has 0 bridgehead atoms. The van der Waals surface area contributed by atoms with Crippen LogP contribution in [0.5, 0.6) is 0 Å². The molecule has 2 heterocycles. The van der Waals surface area contributed by atoms with E-state index >= 15 is 0 Å². The second kappa shape index (κ2) is 5.97. The Bertz CT molecular complexity index is 619. The van der Waals surface area contributed by atoms with E-state index in [1.54, 1.807) is 7.11 Å². The zero-order valence-corrected chi connectivity index (χ0v) is 13.1. The summed E-state index contributed by atoms with van der Waals surface area (Å²) in [4.78, 5) is 0. The highest BCUT2D eigenvalue weighted by atomic mass is 35.5. The maximum atomic E-state index is 6.21. The van der Waals surface area contributed by atoms with Gasteiger partial charge in [-0.1, -0.05) is 23.7 Å². The Balaban J connectivity index is 2.02. The number of hydrogen-bond donors (Lipinski definition) is 1. The summed E-state index contributed by atoms with van der Waals surface area (Å²) in [5.74, 6) is 0.851. The molecule has 1 N–H and O–H groups in total. The van der Waals surface area contributed by atoms with Crippen molar-refractivity contribution in [1.82, 2.24) is 5.32 Å². The van der Waals surface area contributed by atoms with Gasteiger partial charge in [0.15, 0.2) is 5.58 Å². The Morgan fingerprint density at radius 1 is 1.33 bits per heavy atom. The molecule has 1 saturated heterocycles. The van der Waals surface area contributed by atoms with Crippen molar-refractivity contribution >= 4 is 22.6 Å². The standard InChI is InChI=1S/C16H20ClNO3/c1-18-15(16(19-2)6-8-20-9-7-16)13-10-11-4-3-5-12(17)14(11)21-13/h3-5,10,15,18H,6-9H2,1-2H3. The van der Waals surface area contributed by atoms with Gasteiger partial charge in [-0.25, -0.2) is 0 Å². The van der Waals surface area contributed by atoms with Gasteiger partial charge in [0, 0.05) is 38.6 Å². The van der Waals surface area contributed by atoms with Gasteiger partial charge in [-0.15, -0.1) is 0 Å². The average Bonchev–Trinajstić information content (AvgIpc) is 2.94. The molecule has 0 saturated carbocycles. The predicted molar refractivity (Wildman–Crippen MR) is 82.8 cm³/mol. The lowest BCUT2D eigenvalue weighted by Gasteiger charge is -2.41. The van der Waals surface area contributed by atoms with Crippen LogP contribution < -0.4 is 5.32 Å². The van der Waals surface area contributed by atoms with E-state index in [0.717, 1.165) is 29.6 Å². The van der Waals surface area contributed by atoms with Crippen LogP contribution in [0.4, 0.5) is 0 Å². The zero-order chi connectivity index (χ0) is 14.9. The molecule has 0 spiro atoms. The fourth-order valence-corrected chi connectivity index (χ4v) is 3.40. The van der Waals surface area contributed by atoms with E-state index in [1.807, 2.05) is 31.3 Å². The normalized spacial score (nSPS) is 19.8.